The van der Waals surface area contributed by atoms with E-state index in [1.165, 1.54) is 0 Å². The van der Waals surface area contributed by atoms with Crippen molar-refractivity contribution in [3.05, 3.63) is 23.3 Å². The quantitative estimate of drug-likeness (QED) is 0.832. The predicted octanol–water partition coefficient (Wildman–Crippen LogP) is 2.74. The van der Waals surface area contributed by atoms with Crippen LogP contribution in [-0.4, -0.2) is 25.8 Å². The van der Waals surface area contributed by atoms with E-state index < -0.39 is 0 Å². The molecule has 0 heterocycles. The third kappa shape index (κ3) is 1.82. The van der Waals surface area contributed by atoms with Crippen molar-refractivity contribution in [2.75, 3.05) is 14.2 Å². The second-order valence-electron chi connectivity index (χ2n) is 5.48. The Morgan fingerprint density at radius 3 is 2.50 bits per heavy atom. The fraction of sp³-hybridized carbons (Fsp3) is 0.500. The molecule has 2 atom stereocenters. The van der Waals surface area contributed by atoms with Gasteiger partial charge in [-0.3, -0.25) is 9.59 Å². The number of Topliss-reactive ketones (excluding diaryl/α,β-unsaturated/α-hetero) is 2. The predicted molar refractivity (Wildman–Crippen MR) is 73.6 cm³/mol. The van der Waals surface area contributed by atoms with Gasteiger partial charge in [0, 0.05) is 18.4 Å². The van der Waals surface area contributed by atoms with E-state index in [-0.39, 0.29) is 23.4 Å². The smallest absolute Gasteiger partial charge is 0.167 e. The number of ketones is 2. The van der Waals surface area contributed by atoms with Gasteiger partial charge in [0.25, 0.3) is 0 Å². The molecular formula is C16H18O4. The lowest BCUT2D eigenvalue weighted by Gasteiger charge is -2.36. The Bertz CT molecular complexity index is 576. The summed E-state index contributed by atoms with van der Waals surface area (Å²) in [5.41, 5.74) is 1.29. The van der Waals surface area contributed by atoms with Crippen molar-refractivity contribution in [2.24, 2.45) is 5.92 Å². The average Bonchev–Trinajstić information content (AvgIpc) is 2.46. The fourth-order valence-electron chi connectivity index (χ4n) is 3.61. The summed E-state index contributed by atoms with van der Waals surface area (Å²) in [6, 6.07) is 3.53. The molecule has 2 aliphatic rings. The molecule has 106 valence electrons. The van der Waals surface area contributed by atoms with Crippen LogP contribution in [0.1, 0.15) is 47.5 Å². The topological polar surface area (TPSA) is 52.6 Å². The van der Waals surface area contributed by atoms with E-state index in [0.717, 1.165) is 18.4 Å². The number of hydrogen-bond donors (Lipinski definition) is 0. The van der Waals surface area contributed by atoms with Crippen molar-refractivity contribution in [2.45, 2.75) is 31.6 Å². The van der Waals surface area contributed by atoms with Gasteiger partial charge >= 0.3 is 0 Å². The standard InChI is InChI=1S/C16H18O4/c1-19-12-6-7-13(20-2)16-14-9(4-3-5-10(14)17)8-11(18)15(12)16/h6-7,9,14H,3-5,8H2,1-2H3. The van der Waals surface area contributed by atoms with Crippen molar-refractivity contribution in [1.82, 2.24) is 0 Å². The van der Waals surface area contributed by atoms with Crippen molar-refractivity contribution in [3.63, 3.8) is 0 Å². The number of fused-ring (bicyclic) bond motifs is 3. The van der Waals surface area contributed by atoms with Crippen LogP contribution in [0.5, 0.6) is 11.5 Å². The van der Waals surface area contributed by atoms with Crippen LogP contribution in [0.3, 0.4) is 0 Å². The van der Waals surface area contributed by atoms with Gasteiger partial charge in [-0.2, -0.15) is 0 Å². The second kappa shape index (κ2) is 4.93. The molecule has 1 saturated carbocycles. The SMILES string of the molecule is COc1ccc(OC)c2c1C(=O)CC1CCCC(=O)C21. The molecule has 0 aliphatic heterocycles. The van der Waals surface area contributed by atoms with E-state index in [4.69, 9.17) is 9.47 Å². The Morgan fingerprint density at radius 2 is 1.80 bits per heavy atom. The maximum absolute atomic E-state index is 12.4. The summed E-state index contributed by atoms with van der Waals surface area (Å²) >= 11 is 0. The van der Waals surface area contributed by atoms with E-state index in [1.807, 2.05) is 0 Å². The van der Waals surface area contributed by atoms with E-state index >= 15 is 0 Å². The van der Waals surface area contributed by atoms with Crippen molar-refractivity contribution in [1.29, 1.82) is 0 Å². The summed E-state index contributed by atoms with van der Waals surface area (Å²) in [6.07, 6.45) is 2.85. The summed E-state index contributed by atoms with van der Waals surface area (Å²) in [5, 5.41) is 0. The Morgan fingerprint density at radius 1 is 1.10 bits per heavy atom. The van der Waals surface area contributed by atoms with E-state index in [2.05, 4.69) is 0 Å². The first-order valence-electron chi connectivity index (χ1n) is 6.98. The van der Waals surface area contributed by atoms with E-state index in [1.54, 1.807) is 26.4 Å². The van der Waals surface area contributed by atoms with Crippen LogP contribution in [0.4, 0.5) is 0 Å². The van der Waals surface area contributed by atoms with Crippen LogP contribution < -0.4 is 9.47 Å². The van der Waals surface area contributed by atoms with Crippen molar-refractivity contribution in [3.8, 4) is 11.5 Å². The highest BCUT2D eigenvalue weighted by molar-refractivity contribution is 6.05. The van der Waals surface area contributed by atoms with Crippen LogP contribution >= 0.6 is 0 Å². The number of carbonyl (C=O) groups is 2. The van der Waals surface area contributed by atoms with E-state index in [0.29, 0.717) is 29.9 Å². The molecule has 0 aromatic heterocycles. The Kier molecular flexibility index (Phi) is 3.24. The lowest BCUT2D eigenvalue weighted by Crippen LogP contribution is -2.34. The summed E-state index contributed by atoms with van der Waals surface area (Å²) in [7, 11) is 3.12. The summed E-state index contributed by atoms with van der Waals surface area (Å²) < 4.78 is 10.7. The molecule has 0 amide bonds. The largest absolute Gasteiger partial charge is 0.496 e. The minimum absolute atomic E-state index is 0.0618. The number of carbonyl (C=O) groups excluding carboxylic acids is 2. The molecule has 1 aromatic rings. The molecule has 0 spiro atoms. The van der Waals surface area contributed by atoms with Gasteiger partial charge < -0.3 is 9.47 Å². The monoisotopic (exact) mass is 274 g/mol. The van der Waals surface area contributed by atoms with Gasteiger partial charge in [-0.15, -0.1) is 0 Å². The third-order valence-electron chi connectivity index (χ3n) is 4.46. The molecule has 2 unspecified atom stereocenters. The van der Waals surface area contributed by atoms with Crippen molar-refractivity contribution >= 4 is 11.6 Å². The molecule has 2 aliphatic carbocycles. The maximum Gasteiger partial charge on any atom is 0.167 e. The molecule has 20 heavy (non-hydrogen) atoms. The number of hydrogen-bond acceptors (Lipinski definition) is 4. The minimum Gasteiger partial charge on any atom is -0.496 e. The number of rotatable bonds is 2. The number of methoxy groups -OCH3 is 2. The lowest BCUT2D eigenvalue weighted by atomic mass is 9.66. The molecule has 3 rings (SSSR count). The van der Waals surface area contributed by atoms with E-state index in [9.17, 15) is 9.59 Å². The first-order chi connectivity index (χ1) is 9.67. The van der Waals surface area contributed by atoms with Gasteiger partial charge in [0.1, 0.15) is 17.3 Å². The summed E-state index contributed by atoms with van der Waals surface area (Å²) in [4.78, 5) is 24.8. The zero-order chi connectivity index (χ0) is 14.3. The molecule has 0 bridgehead atoms. The maximum atomic E-state index is 12.4. The minimum atomic E-state index is -0.207. The van der Waals surface area contributed by atoms with Gasteiger partial charge in [-0.25, -0.2) is 0 Å². The van der Waals surface area contributed by atoms with Gasteiger partial charge in [-0.05, 0) is 30.9 Å². The van der Waals surface area contributed by atoms with Crippen LogP contribution in [0, 0.1) is 5.92 Å². The second-order valence-corrected chi connectivity index (χ2v) is 5.48. The third-order valence-corrected chi connectivity index (χ3v) is 4.46. The zero-order valence-electron chi connectivity index (χ0n) is 11.8. The van der Waals surface area contributed by atoms with Gasteiger partial charge in [0.15, 0.2) is 5.78 Å². The first-order valence-corrected chi connectivity index (χ1v) is 6.98. The molecule has 4 heteroatoms. The van der Waals surface area contributed by atoms with Crippen LogP contribution in [0.25, 0.3) is 0 Å². The highest BCUT2D eigenvalue weighted by Crippen LogP contribution is 2.49. The fourth-order valence-corrected chi connectivity index (χ4v) is 3.61. The highest BCUT2D eigenvalue weighted by atomic mass is 16.5. The lowest BCUT2D eigenvalue weighted by molar-refractivity contribution is -0.123. The Balaban J connectivity index is 2.24. The summed E-state index contributed by atoms with van der Waals surface area (Å²) in [6.45, 7) is 0. The molecule has 4 nitrogen and oxygen atoms in total. The van der Waals surface area contributed by atoms with Crippen LogP contribution in [0.15, 0.2) is 12.1 Å². The Hall–Kier alpha value is -1.84. The molecule has 1 fully saturated rings. The van der Waals surface area contributed by atoms with Gasteiger partial charge in [-0.1, -0.05) is 0 Å². The van der Waals surface area contributed by atoms with Crippen LogP contribution in [0.2, 0.25) is 0 Å². The van der Waals surface area contributed by atoms with Gasteiger partial charge in [0.05, 0.1) is 25.7 Å². The highest BCUT2D eigenvalue weighted by Gasteiger charge is 2.43. The first kappa shape index (κ1) is 13.2. The number of ether oxygens (including phenoxy) is 2. The molecule has 0 saturated heterocycles. The molecule has 0 radical (unpaired) electrons. The molecule has 1 aromatic carbocycles. The van der Waals surface area contributed by atoms with Crippen LogP contribution in [-0.2, 0) is 4.79 Å². The summed E-state index contributed by atoms with van der Waals surface area (Å²) in [5.74, 6) is 1.37. The Labute approximate surface area is 118 Å². The average molecular weight is 274 g/mol. The number of benzene rings is 1. The van der Waals surface area contributed by atoms with Gasteiger partial charge in [0.2, 0.25) is 0 Å². The molecule has 0 N–H and O–H groups in total. The normalized spacial score (nSPS) is 24.9. The van der Waals surface area contributed by atoms with Crippen molar-refractivity contribution < 1.29 is 19.1 Å². The molecular weight excluding hydrogens is 256 g/mol. The zero-order valence-corrected chi connectivity index (χ0v) is 11.8.